The summed E-state index contributed by atoms with van der Waals surface area (Å²) in [5, 5.41) is 12.7. The van der Waals surface area contributed by atoms with Crippen LogP contribution in [0.25, 0.3) is 6.08 Å². The Morgan fingerprint density at radius 1 is 1.07 bits per heavy atom. The minimum absolute atomic E-state index is 0.0304. The molecular weight excluding hydrogens is 396 g/mol. The molecule has 0 fully saturated rings. The second-order valence-electron chi connectivity index (χ2n) is 6.88. The molecule has 0 saturated heterocycles. The molecule has 30 heavy (non-hydrogen) atoms. The lowest BCUT2D eigenvalue weighted by Gasteiger charge is -2.11. The molecule has 0 aliphatic carbocycles. The maximum absolute atomic E-state index is 12.5. The van der Waals surface area contributed by atoms with Gasteiger partial charge in [0.1, 0.15) is 24.0 Å². The Morgan fingerprint density at radius 3 is 2.60 bits per heavy atom. The van der Waals surface area contributed by atoms with Crippen molar-refractivity contribution < 1.29 is 9.53 Å². The molecule has 4 nitrogen and oxygen atoms in total. The second-order valence-corrected chi connectivity index (χ2v) is 7.32. The van der Waals surface area contributed by atoms with Gasteiger partial charge >= 0.3 is 0 Å². The zero-order valence-corrected chi connectivity index (χ0v) is 17.5. The van der Waals surface area contributed by atoms with Crippen LogP contribution in [0.2, 0.25) is 5.02 Å². The van der Waals surface area contributed by atoms with Crippen LogP contribution in [-0.2, 0) is 11.4 Å². The molecule has 0 spiro atoms. The zero-order chi connectivity index (χ0) is 21.5. The van der Waals surface area contributed by atoms with E-state index in [9.17, 15) is 10.1 Å². The van der Waals surface area contributed by atoms with E-state index in [1.54, 1.807) is 30.3 Å². The first-order valence-electron chi connectivity index (χ1n) is 9.43. The van der Waals surface area contributed by atoms with E-state index in [4.69, 9.17) is 16.3 Å². The number of benzene rings is 3. The third-order valence-electron chi connectivity index (χ3n) is 4.63. The molecule has 5 heteroatoms. The lowest BCUT2D eigenvalue weighted by molar-refractivity contribution is -0.112. The largest absolute Gasteiger partial charge is 0.488 e. The predicted molar refractivity (Wildman–Crippen MR) is 120 cm³/mol. The summed E-state index contributed by atoms with van der Waals surface area (Å²) >= 11 is 5.95. The Bertz CT molecular complexity index is 1150. The molecule has 0 aliphatic rings. The first-order valence-corrected chi connectivity index (χ1v) is 9.81. The molecule has 0 bridgehead atoms. The number of ether oxygens (including phenoxy) is 1. The first kappa shape index (κ1) is 21.2. The minimum atomic E-state index is -0.510. The van der Waals surface area contributed by atoms with Crippen molar-refractivity contribution in [2.24, 2.45) is 0 Å². The Hall–Kier alpha value is -3.55. The Balaban J connectivity index is 1.78. The van der Waals surface area contributed by atoms with Gasteiger partial charge in [0.25, 0.3) is 5.91 Å². The predicted octanol–water partition coefficient (Wildman–Crippen LogP) is 6.08. The number of carbonyl (C=O) groups excluding carboxylic acids is 1. The van der Waals surface area contributed by atoms with Gasteiger partial charge in [0, 0.05) is 16.3 Å². The standard InChI is InChI=1S/C25H21ClN2O2/c1-17-10-11-19(12-18(17)2)16-30-24-9-4-3-6-20(24)13-21(15-27)25(29)28-23-8-5-7-22(26)14-23/h3-14H,16H2,1-2H3,(H,28,29)/b21-13+. The summed E-state index contributed by atoms with van der Waals surface area (Å²) in [6.07, 6.45) is 1.52. The number of nitriles is 1. The summed E-state index contributed by atoms with van der Waals surface area (Å²) < 4.78 is 5.97. The first-order chi connectivity index (χ1) is 14.5. The van der Waals surface area contributed by atoms with E-state index < -0.39 is 5.91 Å². The summed E-state index contributed by atoms with van der Waals surface area (Å²) in [7, 11) is 0. The highest BCUT2D eigenvalue weighted by molar-refractivity contribution is 6.31. The quantitative estimate of drug-likeness (QED) is 0.391. The summed E-state index contributed by atoms with van der Waals surface area (Å²) in [5.74, 6) is 0.0859. The number of hydrogen-bond acceptors (Lipinski definition) is 3. The average Bonchev–Trinajstić information content (AvgIpc) is 2.73. The van der Waals surface area contributed by atoms with E-state index in [1.807, 2.05) is 30.3 Å². The lowest BCUT2D eigenvalue weighted by atomic mass is 10.1. The number of rotatable bonds is 6. The molecule has 0 saturated carbocycles. The number of nitrogens with one attached hydrogen (secondary N) is 1. The van der Waals surface area contributed by atoms with Crippen LogP contribution in [0, 0.1) is 25.2 Å². The molecule has 0 unspecified atom stereocenters. The van der Waals surface area contributed by atoms with Gasteiger partial charge in [-0.15, -0.1) is 0 Å². The Morgan fingerprint density at radius 2 is 1.87 bits per heavy atom. The fourth-order valence-electron chi connectivity index (χ4n) is 2.85. The minimum Gasteiger partial charge on any atom is -0.488 e. The van der Waals surface area contributed by atoms with Crippen LogP contribution in [0.3, 0.4) is 0 Å². The number of carbonyl (C=O) groups is 1. The molecule has 0 radical (unpaired) electrons. The number of para-hydroxylation sites is 1. The molecule has 150 valence electrons. The third kappa shape index (κ3) is 5.50. The van der Waals surface area contributed by atoms with Gasteiger partial charge in [-0.25, -0.2) is 0 Å². The molecule has 0 aliphatic heterocycles. The highest BCUT2D eigenvalue weighted by atomic mass is 35.5. The van der Waals surface area contributed by atoms with Crippen LogP contribution in [0.5, 0.6) is 5.75 Å². The van der Waals surface area contributed by atoms with Gasteiger partial charge in [-0.2, -0.15) is 5.26 Å². The van der Waals surface area contributed by atoms with E-state index in [-0.39, 0.29) is 5.57 Å². The fraction of sp³-hybridized carbons (Fsp3) is 0.120. The van der Waals surface area contributed by atoms with Crippen LogP contribution in [0.4, 0.5) is 5.69 Å². The van der Waals surface area contributed by atoms with Gasteiger partial charge in [0.2, 0.25) is 0 Å². The molecule has 3 aromatic rings. The number of amides is 1. The number of aryl methyl sites for hydroxylation is 2. The van der Waals surface area contributed by atoms with E-state index in [2.05, 4.69) is 31.3 Å². The van der Waals surface area contributed by atoms with E-state index in [1.165, 1.54) is 17.2 Å². The van der Waals surface area contributed by atoms with Crippen molar-refractivity contribution in [2.45, 2.75) is 20.5 Å². The van der Waals surface area contributed by atoms with Gasteiger partial charge in [-0.05, 0) is 60.9 Å². The van der Waals surface area contributed by atoms with Crippen molar-refractivity contribution in [1.82, 2.24) is 0 Å². The van der Waals surface area contributed by atoms with E-state index >= 15 is 0 Å². The number of nitrogens with zero attached hydrogens (tertiary/aromatic N) is 1. The van der Waals surface area contributed by atoms with Crippen molar-refractivity contribution in [1.29, 1.82) is 5.26 Å². The molecule has 0 heterocycles. The van der Waals surface area contributed by atoms with Gasteiger partial charge in [-0.1, -0.05) is 54.1 Å². The molecule has 1 N–H and O–H groups in total. The Labute approximate surface area is 181 Å². The summed E-state index contributed by atoms with van der Waals surface area (Å²) in [4.78, 5) is 12.5. The molecule has 3 aromatic carbocycles. The van der Waals surface area contributed by atoms with Gasteiger partial charge < -0.3 is 10.1 Å². The molecule has 1 amide bonds. The van der Waals surface area contributed by atoms with E-state index in [0.29, 0.717) is 28.6 Å². The number of anilines is 1. The van der Waals surface area contributed by atoms with Crippen molar-refractivity contribution in [2.75, 3.05) is 5.32 Å². The maximum atomic E-state index is 12.5. The van der Waals surface area contributed by atoms with Crippen LogP contribution in [0.1, 0.15) is 22.3 Å². The second kappa shape index (κ2) is 9.78. The van der Waals surface area contributed by atoms with Crippen LogP contribution in [-0.4, -0.2) is 5.91 Å². The number of halogens is 1. The number of hydrogen-bond donors (Lipinski definition) is 1. The summed E-state index contributed by atoms with van der Waals surface area (Å²) in [6.45, 7) is 4.52. The van der Waals surface area contributed by atoms with Crippen molar-refractivity contribution in [3.63, 3.8) is 0 Å². The van der Waals surface area contributed by atoms with Crippen molar-refractivity contribution in [3.05, 3.63) is 99.6 Å². The Kier molecular flexibility index (Phi) is 6.90. The molecule has 0 aromatic heterocycles. The highest BCUT2D eigenvalue weighted by Gasteiger charge is 2.12. The van der Waals surface area contributed by atoms with Gasteiger partial charge in [-0.3, -0.25) is 4.79 Å². The van der Waals surface area contributed by atoms with Crippen LogP contribution in [0.15, 0.2) is 72.3 Å². The van der Waals surface area contributed by atoms with E-state index in [0.717, 1.165) is 5.56 Å². The highest BCUT2D eigenvalue weighted by Crippen LogP contribution is 2.23. The third-order valence-corrected chi connectivity index (χ3v) is 4.87. The van der Waals surface area contributed by atoms with Crippen LogP contribution < -0.4 is 10.1 Å². The zero-order valence-electron chi connectivity index (χ0n) is 16.8. The summed E-state index contributed by atoms with van der Waals surface area (Å²) in [6, 6.07) is 22.2. The monoisotopic (exact) mass is 416 g/mol. The van der Waals surface area contributed by atoms with Crippen LogP contribution >= 0.6 is 11.6 Å². The normalized spacial score (nSPS) is 10.9. The lowest BCUT2D eigenvalue weighted by Crippen LogP contribution is -2.13. The molecule has 3 rings (SSSR count). The van der Waals surface area contributed by atoms with Gasteiger partial charge in [0.15, 0.2) is 0 Å². The SMILES string of the molecule is Cc1ccc(COc2ccccc2/C=C(\C#N)C(=O)Nc2cccc(Cl)c2)cc1C. The molecular formula is C25H21ClN2O2. The van der Waals surface area contributed by atoms with Crippen molar-refractivity contribution >= 4 is 29.3 Å². The molecule has 0 atom stereocenters. The average molecular weight is 417 g/mol. The smallest absolute Gasteiger partial charge is 0.266 e. The maximum Gasteiger partial charge on any atom is 0.266 e. The van der Waals surface area contributed by atoms with Crippen molar-refractivity contribution in [3.8, 4) is 11.8 Å². The summed E-state index contributed by atoms with van der Waals surface area (Å²) in [5.41, 5.74) is 4.63. The fourth-order valence-corrected chi connectivity index (χ4v) is 3.04. The van der Waals surface area contributed by atoms with Gasteiger partial charge in [0.05, 0.1) is 0 Å². The topological polar surface area (TPSA) is 62.1 Å².